The van der Waals surface area contributed by atoms with Gasteiger partial charge in [0.05, 0.1) is 18.4 Å². The lowest BCUT2D eigenvalue weighted by atomic mass is 10.1. The van der Waals surface area contributed by atoms with Crippen LogP contribution in [0.2, 0.25) is 0 Å². The van der Waals surface area contributed by atoms with Crippen LogP contribution in [0.25, 0.3) is 0 Å². The minimum absolute atomic E-state index is 0.0790. The van der Waals surface area contributed by atoms with E-state index in [0.29, 0.717) is 5.76 Å². The second-order valence-electron chi connectivity index (χ2n) is 4.84. The number of carbonyl (C=O) groups is 1. The number of rotatable bonds is 4. The molecular formula is C15H13F2NO2. The third-order valence-electron chi connectivity index (χ3n) is 3.34. The molecule has 1 saturated carbocycles. The topological polar surface area (TPSA) is 33.5 Å². The van der Waals surface area contributed by atoms with E-state index in [9.17, 15) is 13.6 Å². The summed E-state index contributed by atoms with van der Waals surface area (Å²) in [5.41, 5.74) is -0.233. The summed E-state index contributed by atoms with van der Waals surface area (Å²) in [4.78, 5) is 13.9. The molecule has 3 nitrogen and oxygen atoms in total. The van der Waals surface area contributed by atoms with Gasteiger partial charge < -0.3 is 9.32 Å². The summed E-state index contributed by atoms with van der Waals surface area (Å²) in [7, 11) is 0. The first kappa shape index (κ1) is 12.8. The van der Waals surface area contributed by atoms with Crippen molar-refractivity contribution in [1.29, 1.82) is 0 Å². The SMILES string of the molecule is O=C(c1cccc(F)c1F)N(Cc1ccco1)C1CC1. The normalized spacial score (nSPS) is 14.3. The molecule has 1 heterocycles. The number of benzene rings is 1. The van der Waals surface area contributed by atoms with Gasteiger partial charge in [0.2, 0.25) is 0 Å². The summed E-state index contributed by atoms with van der Waals surface area (Å²) in [6, 6.07) is 7.20. The molecule has 1 aliphatic carbocycles. The van der Waals surface area contributed by atoms with Crippen LogP contribution in [0.5, 0.6) is 0 Å². The van der Waals surface area contributed by atoms with E-state index in [2.05, 4.69) is 0 Å². The van der Waals surface area contributed by atoms with Crippen LogP contribution < -0.4 is 0 Å². The Morgan fingerprint density at radius 3 is 2.70 bits per heavy atom. The molecule has 0 atom stereocenters. The Bertz CT molecular complexity index is 621. The van der Waals surface area contributed by atoms with Gasteiger partial charge in [0.1, 0.15) is 5.76 Å². The van der Waals surface area contributed by atoms with Crippen LogP contribution in [0.1, 0.15) is 29.0 Å². The van der Waals surface area contributed by atoms with Crippen molar-refractivity contribution < 1.29 is 18.0 Å². The third-order valence-corrected chi connectivity index (χ3v) is 3.34. The van der Waals surface area contributed by atoms with Crippen molar-refractivity contribution in [3.05, 3.63) is 59.6 Å². The maximum absolute atomic E-state index is 13.7. The fourth-order valence-electron chi connectivity index (χ4n) is 2.15. The highest BCUT2D eigenvalue weighted by Gasteiger charge is 2.34. The number of furan rings is 1. The lowest BCUT2D eigenvalue weighted by Gasteiger charge is -2.21. The number of hydrogen-bond acceptors (Lipinski definition) is 2. The van der Waals surface area contributed by atoms with Crippen LogP contribution in [-0.2, 0) is 6.54 Å². The Kier molecular flexibility index (Phi) is 3.26. The molecule has 0 aliphatic heterocycles. The maximum atomic E-state index is 13.7. The van der Waals surface area contributed by atoms with Gasteiger partial charge in [-0.15, -0.1) is 0 Å². The molecule has 20 heavy (non-hydrogen) atoms. The van der Waals surface area contributed by atoms with E-state index in [1.807, 2.05) is 0 Å². The number of hydrogen-bond donors (Lipinski definition) is 0. The molecule has 1 amide bonds. The van der Waals surface area contributed by atoms with E-state index in [1.54, 1.807) is 12.1 Å². The molecular weight excluding hydrogens is 264 g/mol. The van der Waals surface area contributed by atoms with Gasteiger partial charge in [0.15, 0.2) is 11.6 Å². The fourth-order valence-corrected chi connectivity index (χ4v) is 2.15. The summed E-state index contributed by atoms with van der Waals surface area (Å²) < 4.78 is 32.2. The fraction of sp³-hybridized carbons (Fsp3) is 0.267. The van der Waals surface area contributed by atoms with E-state index < -0.39 is 17.5 Å². The lowest BCUT2D eigenvalue weighted by molar-refractivity contribution is 0.0711. The van der Waals surface area contributed by atoms with Gasteiger partial charge in [-0.25, -0.2) is 8.78 Å². The first-order valence-electron chi connectivity index (χ1n) is 6.44. The average molecular weight is 277 g/mol. The number of carbonyl (C=O) groups excluding carboxylic acids is 1. The highest BCUT2D eigenvalue weighted by Crippen LogP contribution is 2.30. The molecule has 0 N–H and O–H groups in total. The van der Waals surface area contributed by atoms with E-state index >= 15 is 0 Å². The second-order valence-corrected chi connectivity index (χ2v) is 4.84. The van der Waals surface area contributed by atoms with Crippen molar-refractivity contribution >= 4 is 5.91 Å². The monoisotopic (exact) mass is 277 g/mol. The van der Waals surface area contributed by atoms with Gasteiger partial charge in [-0.2, -0.15) is 0 Å². The van der Waals surface area contributed by atoms with Gasteiger partial charge in [-0.3, -0.25) is 4.79 Å². The Balaban J connectivity index is 1.87. The average Bonchev–Trinajstić information content (AvgIpc) is 3.15. The zero-order chi connectivity index (χ0) is 14.1. The van der Waals surface area contributed by atoms with Gasteiger partial charge in [-0.05, 0) is 37.1 Å². The lowest BCUT2D eigenvalue weighted by Crippen LogP contribution is -2.33. The first-order valence-corrected chi connectivity index (χ1v) is 6.44. The molecule has 1 fully saturated rings. The molecule has 104 valence electrons. The molecule has 0 saturated heterocycles. The minimum Gasteiger partial charge on any atom is -0.467 e. The quantitative estimate of drug-likeness (QED) is 0.858. The van der Waals surface area contributed by atoms with E-state index in [1.165, 1.54) is 23.3 Å². The van der Waals surface area contributed by atoms with Crippen LogP contribution >= 0.6 is 0 Å². The maximum Gasteiger partial charge on any atom is 0.257 e. The molecule has 0 bridgehead atoms. The molecule has 2 aromatic rings. The standard InChI is InChI=1S/C15H13F2NO2/c16-13-5-1-4-12(14(13)17)15(19)18(10-6-7-10)9-11-3-2-8-20-11/h1-5,8,10H,6-7,9H2. The van der Waals surface area contributed by atoms with Crippen molar-refractivity contribution in [1.82, 2.24) is 4.90 Å². The van der Waals surface area contributed by atoms with Crippen LogP contribution in [0.3, 0.4) is 0 Å². The first-order chi connectivity index (χ1) is 9.66. The van der Waals surface area contributed by atoms with Gasteiger partial charge in [-0.1, -0.05) is 6.07 Å². The van der Waals surface area contributed by atoms with E-state index in [0.717, 1.165) is 18.9 Å². The molecule has 0 spiro atoms. The predicted octanol–water partition coefficient (Wildman–Crippen LogP) is 3.36. The highest BCUT2D eigenvalue weighted by atomic mass is 19.2. The number of nitrogens with zero attached hydrogens (tertiary/aromatic N) is 1. The molecule has 0 radical (unpaired) electrons. The zero-order valence-corrected chi connectivity index (χ0v) is 10.7. The summed E-state index contributed by atoms with van der Waals surface area (Å²) >= 11 is 0. The van der Waals surface area contributed by atoms with Crippen molar-refractivity contribution in [3.8, 4) is 0 Å². The third kappa shape index (κ3) is 2.43. The predicted molar refractivity (Wildman–Crippen MR) is 68.0 cm³/mol. The molecule has 1 aromatic heterocycles. The summed E-state index contributed by atoms with van der Waals surface area (Å²) in [5, 5.41) is 0. The largest absolute Gasteiger partial charge is 0.467 e. The van der Waals surface area contributed by atoms with E-state index in [4.69, 9.17) is 4.42 Å². The highest BCUT2D eigenvalue weighted by molar-refractivity contribution is 5.94. The Labute approximate surface area is 114 Å². The van der Waals surface area contributed by atoms with Crippen molar-refractivity contribution in [2.24, 2.45) is 0 Å². The van der Waals surface area contributed by atoms with Crippen molar-refractivity contribution in [2.45, 2.75) is 25.4 Å². The molecule has 1 aliphatic rings. The van der Waals surface area contributed by atoms with Crippen LogP contribution in [-0.4, -0.2) is 16.8 Å². The van der Waals surface area contributed by atoms with Crippen molar-refractivity contribution in [2.75, 3.05) is 0 Å². The number of halogens is 2. The van der Waals surface area contributed by atoms with Crippen molar-refractivity contribution in [3.63, 3.8) is 0 Å². The minimum atomic E-state index is -1.09. The van der Waals surface area contributed by atoms with E-state index in [-0.39, 0.29) is 18.2 Å². The zero-order valence-electron chi connectivity index (χ0n) is 10.7. The Hall–Kier alpha value is -2.17. The second kappa shape index (κ2) is 5.07. The molecule has 5 heteroatoms. The molecule has 0 unspecified atom stereocenters. The molecule has 1 aromatic carbocycles. The Morgan fingerprint density at radius 1 is 1.25 bits per heavy atom. The van der Waals surface area contributed by atoms with Gasteiger partial charge >= 0.3 is 0 Å². The Morgan fingerprint density at radius 2 is 2.05 bits per heavy atom. The van der Waals surface area contributed by atoms with Gasteiger partial charge in [0, 0.05) is 6.04 Å². The van der Waals surface area contributed by atoms with Crippen LogP contribution in [0.4, 0.5) is 8.78 Å². The summed E-state index contributed by atoms with van der Waals surface area (Å²) in [6.07, 6.45) is 3.28. The molecule has 3 rings (SSSR count). The van der Waals surface area contributed by atoms with Crippen LogP contribution in [0.15, 0.2) is 41.0 Å². The smallest absolute Gasteiger partial charge is 0.257 e. The van der Waals surface area contributed by atoms with Gasteiger partial charge in [0.25, 0.3) is 5.91 Å². The van der Waals surface area contributed by atoms with Crippen LogP contribution in [0, 0.1) is 11.6 Å². The summed E-state index contributed by atoms with van der Waals surface area (Å²) in [5.74, 6) is -1.98. The summed E-state index contributed by atoms with van der Waals surface area (Å²) in [6.45, 7) is 0.270. The number of amides is 1.